The monoisotopic (exact) mass is 247 g/mol. The van der Waals surface area contributed by atoms with Crippen LogP contribution in [0.15, 0.2) is 29.4 Å². The van der Waals surface area contributed by atoms with Crippen LogP contribution >= 0.6 is 0 Å². The lowest BCUT2D eigenvalue weighted by molar-refractivity contribution is -0.140. The number of hydrogen-bond acceptors (Lipinski definition) is 4. The molecule has 0 bridgehead atoms. The van der Waals surface area contributed by atoms with E-state index in [1.165, 1.54) is 6.21 Å². The number of ether oxygens (including phenoxy) is 1. The van der Waals surface area contributed by atoms with Gasteiger partial charge < -0.3 is 10.1 Å². The van der Waals surface area contributed by atoms with Crippen LogP contribution in [-0.2, 0) is 9.59 Å². The number of carbonyl (C=O) groups is 2. The van der Waals surface area contributed by atoms with E-state index in [0.29, 0.717) is 0 Å². The molecule has 0 unspecified atom stereocenters. The van der Waals surface area contributed by atoms with Crippen molar-refractivity contribution < 1.29 is 14.3 Å². The highest BCUT2D eigenvalue weighted by Crippen LogP contribution is 2.10. The number of hydrogen-bond donors (Lipinski definition) is 1. The van der Waals surface area contributed by atoms with Gasteiger partial charge in [-0.15, -0.1) is 0 Å². The molecule has 1 aromatic rings. The second kappa shape index (κ2) is 5.31. The van der Waals surface area contributed by atoms with Gasteiger partial charge in [-0.25, -0.2) is 5.01 Å². The van der Waals surface area contributed by atoms with Crippen molar-refractivity contribution in [1.82, 2.24) is 10.3 Å². The van der Waals surface area contributed by atoms with Crippen LogP contribution < -0.4 is 10.1 Å². The maximum absolute atomic E-state index is 11.4. The van der Waals surface area contributed by atoms with Crippen LogP contribution in [0.4, 0.5) is 0 Å². The van der Waals surface area contributed by atoms with E-state index < -0.39 is 0 Å². The smallest absolute Gasteiger partial charge is 0.262 e. The van der Waals surface area contributed by atoms with Crippen molar-refractivity contribution >= 4 is 18.0 Å². The second-order valence-electron chi connectivity index (χ2n) is 3.75. The largest absolute Gasteiger partial charge is 0.497 e. The molecule has 1 aromatic carbocycles. The number of methoxy groups -OCH3 is 1. The van der Waals surface area contributed by atoms with E-state index in [1.54, 1.807) is 19.2 Å². The molecule has 2 rings (SSSR count). The van der Waals surface area contributed by atoms with Crippen LogP contribution in [0.25, 0.3) is 0 Å². The summed E-state index contributed by atoms with van der Waals surface area (Å²) in [5, 5.41) is 7.61. The summed E-state index contributed by atoms with van der Waals surface area (Å²) < 4.78 is 5.03. The minimum Gasteiger partial charge on any atom is -0.497 e. The number of amides is 2. The molecular weight excluding hydrogens is 234 g/mol. The highest BCUT2D eigenvalue weighted by atomic mass is 16.5. The van der Waals surface area contributed by atoms with Crippen molar-refractivity contribution in [2.45, 2.75) is 0 Å². The normalized spacial score (nSPS) is 15.9. The highest BCUT2D eigenvalue weighted by Gasteiger charge is 2.21. The maximum atomic E-state index is 11.4. The Morgan fingerprint density at radius 1 is 1.33 bits per heavy atom. The number of piperazine rings is 1. The lowest BCUT2D eigenvalue weighted by atomic mass is 10.2. The van der Waals surface area contributed by atoms with Crippen LogP contribution in [0.3, 0.4) is 0 Å². The molecule has 94 valence electrons. The third kappa shape index (κ3) is 2.85. The topological polar surface area (TPSA) is 71.0 Å². The van der Waals surface area contributed by atoms with Gasteiger partial charge in [0.05, 0.1) is 19.9 Å². The van der Waals surface area contributed by atoms with Crippen molar-refractivity contribution in [1.29, 1.82) is 0 Å². The first-order valence-electron chi connectivity index (χ1n) is 5.44. The van der Waals surface area contributed by atoms with Crippen molar-refractivity contribution in [3.63, 3.8) is 0 Å². The summed E-state index contributed by atoms with van der Waals surface area (Å²) in [6.45, 7) is -0.0374. The van der Waals surface area contributed by atoms with Crippen molar-refractivity contribution in [3.8, 4) is 5.75 Å². The lowest BCUT2D eigenvalue weighted by Crippen LogP contribution is -2.49. The molecule has 6 nitrogen and oxygen atoms in total. The molecule has 0 spiro atoms. The molecule has 1 saturated heterocycles. The van der Waals surface area contributed by atoms with Crippen molar-refractivity contribution in [2.24, 2.45) is 5.10 Å². The minimum atomic E-state index is -0.223. The summed E-state index contributed by atoms with van der Waals surface area (Å²) >= 11 is 0. The molecule has 0 saturated carbocycles. The first-order chi connectivity index (χ1) is 8.69. The quantitative estimate of drug-likeness (QED) is 0.763. The van der Waals surface area contributed by atoms with E-state index in [4.69, 9.17) is 4.74 Å². The zero-order valence-corrected chi connectivity index (χ0v) is 9.92. The van der Waals surface area contributed by atoms with E-state index in [0.717, 1.165) is 16.3 Å². The Kier molecular flexibility index (Phi) is 3.57. The molecule has 18 heavy (non-hydrogen) atoms. The number of hydrazone groups is 1. The van der Waals surface area contributed by atoms with E-state index >= 15 is 0 Å². The van der Waals surface area contributed by atoms with E-state index in [-0.39, 0.29) is 24.9 Å². The predicted molar refractivity (Wildman–Crippen MR) is 65.3 cm³/mol. The molecule has 0 aromatic heterocycles. The van der Waals surface area contributed by atoms with Crippen molar-refractivity contribution in [2.75, 3.05) is 20.2 Å². The number of nitrogens with one attached hydrogen (secondary N) is 1. The molecule has 2 amide bonds. The molecule has 0 atom stereocenters. The molecule has 1 aliphatic heterocycles. The van der Waals surface area contributed by atoms with Gasteiger partial charge >= 0.3 is 0 Å². The third-order valence-corrected chi connectivity index (χ3v) is 2.48. The van der Waals surface area contributed by atoms with Gasteiger partial charge in [-0.2, -0.15) is 5.10 Å². The number of benzene rings is 1. The van der Waals surface area contributed by atoms with Gasteiger partial charge in [0, 0.05) is 0 Å². The van der Waals surface area contributed by atoms with Gasteiger partial charge in [0.2, 0.25) is 5.91 Å². The number of nitrogens with zero attached hydrogens (tertiary/aromatic N) is 2. The third-order valence-electron chi connectivity index (χ3n) is 2.48. The lowest BCUT2D eigenvalue weighted by Gasteiger charge is -2.21. The average Bonchev–Trinajstić information content (AvgIpc) is 2.40. The highest BCUT2D eigenvalue weighted by molar-refractivity contribution is 5.93. The fraction of sp³-hybridized carbons (Fsp3) is 0.250. The number of carbonyl (C=O) groups excluding carboxylic acids is 2. The standard InChI is InChI=1S/C12H13N3O3/c1-18-10-4-2-9(3-5-10)6-14-15-8-11(16)13-7-12(15)17/h2-6H,7-8H2,1H3,(H,13,16). The summed E-state index contributed by atoms with van der Waals surface area (Å²) in [4.78, 5) is 22.6. The van der Waals surface area contributed by atoms with Crippen LogP contribution in [0.5, 0.6) is 5.75 Å². The Bertz CT molecular complexity index is 482. The van der Waals surface area contributed by atoms with Gasteiger partial charge in [-0.05, 0) is 29.8 Å². The Hall–Kier alpha value is -2.37. The first-order valence-corrected chi connectivity index (χ1v) is 5.44. The summed E-state index contributed by atoms with van der Waals surface area (Å²) in [7, 11) is 1.59. The van der Waals surface area contributed by atoms with Gasteiger partial charge in [-0.1, -0.05) is 0 Å². The molecule has 1 aliphatic rings. The molecule has 0 aliphatic carbocycles. The molecule has 1 fully saturated rings. The molecule has 1 N–H and O–H groups in total. The SMILES string of the molecule is COc1ccc(C=NN2CC(=O)NCC2=O)cc1. The molecule has 0 radical (unpaired) electrons. The van der Waals surface area contributed by atoms with Crippen LogP contribution in [0, 0.1) is 0 Å². The van der Waals surface area contributed by atoms with E-state index in [2.05, 4.69) is 10.4 Å². The zero-order chi connectivity index (χ0) is 13.0. The summed E-state index contributed by atoms with van der Waals surface area (Å²) in [5.74, 6) is 0.321. The Morgan fingerprint density at radius 3 is 2.72 bits per heavy atom. The molecule has 1 heterocycles. The maximum Gasteiger partial charge on any atom is 0.262 e. The van der Waals surface area contributed by atoms with Gasteiger partial charge in [-0.3, -0.25) is 9.59 Å². The minimum absolute atomic E-state index is 0.00120. The zero-order valence-electron chi connectivity index (χ0n) is 9.92. The average molecular weight is 247 g/mol. The predicted octanol–water partition coefficient (Wildman–Crippen LogP) is -0.0125. The molecule has 6 heteroatoms. The fourth-order valence-corrected chi connectivity index (χ4v) is 1.48. The van der Waals surface area contributed by atoms with E-state index in [1.807, 2.05) is 12.1 Å². The first kappa shape index (κ1) is 12.1. The Labute approximate surface area is 104 Å². The molecular formula is C12H13N3O3. The summed E-state index contributed by atoms with van der Waals surface area (Å²) in [6.07, 6.45) is 1.54. The van der Waals surface area contributed by atoms with Gasteiger partial charge in [0.15, 0.2) is 0 Å². The Morgan fingerprint density at radius 2 is 2.06 bits per heavy atom. The second-order valence-corrected chi connectivity index (χ2v) is 3.75. The van der Waals surface area contributed by atoms with E-state index in [9.17, 15) is 9.59 Å². The van der Waals surface area contributed by atoms with Crippen LogP contribution in [0.1, 0.15) is 5.56 Å². The van der Waals surface area contributed by atoms with Crippen molar-refractivity contribution in [3.05, 3.63) is 29.8 Å². The Balaban J connectivity index is 2.04. The van der Waals surface area contributed by atoms with Crippen LogP contribution in [-0.4, -0.2) is 43.2 Å². The number of rotatable bonds is 3. The van der Waals surface area contributed by atoms with Crippen LogP contribution in [0.2, 0.25) is 0 Å². The summed E-state index contributed by atoms with van der Waals surface area (Å²) in [5.41, 5.74) is 0.828. The van der Waals surface area contributed by atoms with Gasteiger partial charge in [0.25, 0.3) is 5.91 Å². The summed E-state index contributed by atoms with van der Waals surface area (Å²) in [6, 6.07) is 7.23. The fourth-order valence-electron chi connectivity index (χ4n) is 1.48. The van der Waals surface area contributed by atoms with Gasteiger partial charge in [0.1, 0.15) is 12.3 Å².